The summed E-state index contributed by atoms with van der Waals surface area (Å²) >= 11 is 1.19. The first-order chi connectivity index (χ1) is 11.7. The van der Waals surface area contributed by atoms with Crippen LogP contribution in [0.3, 0.4) is 0 Å². The van der Waals surface area contributed by atoms with Gasteiger partial charge in [-0.3, -0.25) is 9.69 Å². The summed E-state index contributed by atoms with van der Waals surface area (Å²) in [6.07, 6.45) is 6.88. The zero-order valence-corrected chi connectivity index (χ0v) is 15.1. The highest BCUT2D eigenvalue weighted by atomic mass is 32.1. The Balaban J connectivity index is 1.59. The molecule has 0 bridgehead atoms. The quantitative estimate of drug-likeness (QED) is 0.836. The number of rotatable bonds is 4. The molecule has 0 unspecified atom stereocenters. The molecule has 1 atom stereocenters. The highest BCUT2D eigenvalue weighted by Crippen LogP contribution is 2.29. The number of carbonyl (C=O) groups excluding carboxylic acids is 1. The summed E-state index contributed by atoms with van der Waals surface area (Å²) < 4.78 is 3.92. The lowest BCUT2D eigenvalue weighted by molar-refractivity contribution is 0.0541. The third-order valence-electron chi connectivity index (χ3n) is 5.31. The fourth-order valence-electron chi connectivity index (χ4n) is 3.88. The third-order valence-corrected chi connectivity index (χ3v) is 6.06. The first-order valence-corrected chi connectivity index (χ1v) is 9.76. The number of aromatic nitrogens is 2. The van der Waals surface area contributed by atoms with Gasteiger partial charge in [0, 0.05) is 26.2 Å². The number of aryl methyl sites for hydroxylation is 1. The van der Waals surface area contributed by atoms with Gasteiger partial charge in [0.15, 0.2) is 0 Å². The number of hydrogen-bond acceptors (Lipinski definition) is 6. The number of piperazine rings is 1. The highest BCUT2D eigenvalue weighted by Gasteiger charge is 2.32. The van der Waals surface area contributed by atoms with Gasteiger partial charge < -0.3 is 4.90 Å². The van der Waals surface area contributed by atoms with E-state index in [-0.39, 0.29) is 11.9 Å². The molecule has 0 spiro atoms. The average Bonchev–Trinajstić information content (AvgIpc) is 3.12. The van der Waals surface area contributed by atoms with Gasteiger partial charge in [-0.05, 0) is 36.7 Å². The summed E-state index contributed by atoms with van der Waals surface area (Å²) in [6, 6.07) is 2.55. The molecule has 6 nitrogen and oxygen atoms in total. The summed E-state index contributed by atoms with van der Waals surface area (Å²) in [6.45, 7) is 4.94. The molecule has 2 aliphatic rings. The third kappa shape index (κ3) is 3.60. The molecule has 1 aromatic heterocycles. The fourth-order valence-corrected chi connectivity index (χ4v) is 4.60. The Kier molecular flexibility index (Phi) is 5.80. The maximum Gasteiger partial charge on any atom is 0.267 e. The van der Waals surface area contributed by atoms with Crippen LogP contribution in [-0.2, 0) is 6.42 Å². The van der Waals surface area contributed by atoms with Crippen LogP contribution >= 0.6 is 11.5 Å². The lowest BCUT2D eigenvalue weighted by Gasteiger charge is -2.40. The Hall–Kier alpha value is -1.52. The van der Waals surface area contributed by atoms with Crippen LogP contribution in [0.15, 0.2) is 0 Å². The first-order valence-electron chi connectivity index (χ1n) is 8.98. The van der Waals surface area contributed by atoms with Crippen molar-refractivity contribution < 1.29 is 4.79 Å². The second-order valence-corrected chi connectivity index (χ2v) is 7.46. The first kappa shape index (κ1) is 17.3. The largest absolute Gasteiger partial charge is 0.335 e. The van der Waals surface area contributed by atoms with Gasteiger partial charge >= 0.3 is 0 Å². The molecule has 1 aliphatic carbocycles. The van der Waals surface area contributed by atoms with Gasteiger partial charge in [0.1, 0.15) is 10.9 Å². The SMILES string of the molecule is CCc1nnsc1C(=O)N1CCN([C@H](C#N)C2CCCCC2)CC1. The number of amides is 1. The monoisotopic (exact) mass is 347 g/mol. The van der Waals surface area contributed by atoms with E-state index >= 15 is 0 Å². The Morgan fingerprint density at radius 3 is 2.62 bits per heavy atom. The zero-order valence-electron chi connectivity index (χ0n) is 14.3. The number of nitriles is 1. The Morgan fingerprint density at radius 1 is 1.29 bits per heavy atom. The number of nitrogens with zero attached hydrogens (tertiary/aromatic N) is 5. The Morgan fingerprint density at radius 2 is 2.00 bits per heavy atom. The second-order valence-electron chi connectivity index (χ2n) is 6.70. The number of hydrogen-bond donors (Lipinski definition) is 0. The molecule has 0 radical (unpaired) electrons. The van der Waals surface area contributed by atoms with Crippen molar-refractivity contribution in [2.75, 3.05) is 26.2 Å². The topological polar surface area (TPSA) is 73.1 Å². The van der Waals surface area contributed by atoms with Crippen molar-refractivity contribution in [2.45, 2.75) is 51.5 Å². The van der Waals surface area contributed by atoms with E-state index in [9.17, 15) is 10.1 Å². The molecule has 3 rings (SSSR count). The van der Waals surface area contributed by atoms with Gasteiger partial charge in [-0.1, -0.05) is 30.7 Å². The lowest BCUT2D eigenvalue weighted by atomic mass is 9.83. The predicted molar refractivity (Wildman–Crippen MR) is 92.7 cm³/mol. The van der Waals surface area contributed by atoms with Crippen molar-refractivity contribution in [3.63, 3.8) is 0 Å². The van der Waals surface area contributed by atoms with Gasteiger partial charge in [-0.25, -0.2) is 0 Å². The molecule has 1 aromatic rings. The molecule has 24 heavy (non-hydrogen) atoms. The van der Waals surface area contributed by atoms with Gasteiger partial charge in [0.05, 0.1) is 11.8 Å². The molecule has 2 heterocycles. The minimum absolute atomic E-state index is 0.0128. The summed E-state index contributed by atoms with van der Waals surface area (Å²) in [7, 11) is 0. The standard InChI is InChI=1S/C17H25N5OS/c1-2-14-16(24-20-19-14)17(23)22-10-8-21(9-11-22)15(12-18)13-6-4-3-5-7-13/h13,15H,2-11H2,1H3/t15-/m1/s1. The highest BCUT2D eigenvalue weighted by molar-refractivity contribution is 7.08. The van der Waals surface area contributed by atoms with E-state index in [1.807, 2.05) is 11.8 Å². The molecular formula is C17H25N5OS. The van der Waals surface area contributed by atoms with E-state index in [1.54, 1.807) is 0 Å². The molecule has 1 aliphatic heterocycles. The van der Waals surface area contributed by atoms with E-state index in [1.165, 1.54) is 43.6 Å². The van der Waals surface area contributed by atoms with Crippen LogP contribution in [0.5, 0.6) is 0 Å². The zero-order chi connectivity index (χ0) is 16.9. The number of carbonyl (C=O) groups is 1. The minimum atomic E-state index is 0.0128. The summed E-state index contributed by atoms with van der Waals surface area (Å²) in [5.74, 6) is 0.552. The second kappa shape index (κ2) is 8.04. The molecule has 1 saturated heterocycles. The minimum Gasteiger partial charge on any atom is -0.335 e. The molecule has 2 fully saturated rings. The molecule has 130 valence electrons. The van der Waals surface area contributed by atoms with Crippen LogP contribution in [0.2, 0.25) is 0 Å². The normalized spacial score (nSPS) is 21.4. The Bertz CT molecular complexity index is 596. The Labute approximate surface area is 147 Å². The van der Waals surface area contributed by atoms with Crippen molar-refractivity contribution in [2.24, 2.45) is 5.92 Å². The fraction of sp³-hybridized carbons (Fsp3) is 0.765. The van der Waals surface area contributed by atoms with Crippen LogP contribution in [0.25, 0.3) is 0 Å². The van der Waals surface area contributed by atoms with Crippen molar-refractivity contribution >= 4 is 17.4 Å². The van der Waals surface area contributed by atoms with Gasteiger partial charge in [0.2, 0.25) is 0 Å². The van der Waals surface area contributed by atoms with Crippen LogP contribution in [0.4, 0.5) is 0 Å². The van der Waals surface area contributed by atoms with E-state index < -0.39 is 0 Å². The summed E-state index contributed by atoms with van der Waals surface area (Å²) in [5, 5.41) is 13.7. The van der Waals surface area contributed by atoms with Crippen LogP contribution in [-0.4, -0.2) is 57.5 Å². The van der Waals surface area contributed by atoms with Crippen LogP contribution in [0, 0.1) is 17.2 Å². The van der Waals surface area contributed by atoms with E-state index in [2.05, 4.69) is 20.6 Å². The lowest BCUT2D eigenvalue weighted by Crippen LogP contribution is -2.53. The van der Waals surface area contributed by atoms with E-state index in [0.29, 0.717) is 23.9 Å². The molecule has 1 amide bonds. The van der Waals surface area contributed by atoms with Gasteiger partial charge in [-0.2, -0.15) is 5.26 Å². The molecule has 7 heteroatoms. The van der Waals surface area contributed by atoms with E-state index in [0.717, 1.165) is 25.2 Å². The van der Waals surface area contributed by atoms with Crippen LogP contribution in [0.1, 0.15) is 54.4 Å². The predicted octanol–water partition coefficient (Wildman–Crippen LogP) is 2.33. The molecule has 1 saturated carbocycles. The van der Waals surface area contributed by atoms with Crippen molar-refractivity contribution in [1.29, 1.82) is 5.26 Å². The van der Waals surface area contributed by atoms with E-state index in [4.69, 9.17) is 0 Å². The summed E-state index contributed by atoms with van der Waals surface area (Å²) in [5.41, 5.74) is 0.796. The maximum absolute atomic E-state index is 12.7. The average molecular weight is 347 g/mol. The molecule has 0 aromatic carbocycles. The van der Waals surface area contributed by atoms with Crippen molar-refractivity contribution in [3.05, 3.63) is 10.6 Å². The smallest absolute Gasteiger partial charge is 0.267 e. The maximum atomic E-state index is 12.7. The van der Waals surface area contributed by atoms with Gasteiger partial charge in [-0.15, -0.1) is 5.10 Å². The van der Waals surface area contributed by atoms with Crippen molar-refractivity contribution in [3.8, 4) is 6.07 Å². The van der Waals surface area contributed by atoms with Crippen LogP contribution < -0.4 is 0 Å². The molecule has 0 N–H and O–H groups in total. The molecular weight excluding hydrogens is 322 g/mol. The van der Waals surface area contributed by atoms with Gasteiger partial charge in [0.25, 0.3) is 5.91 Å². The van der Waals surface area contributed by atoms with Crippen molar-refractivity contribution in [1.82, 2.24) is 19.4 Å². The summed E-state index contributed by atoms with van der Waals surface area (Å²) in [4.78, 5) is 17.5.